The molecule has 0 amide bonds. The fraction of sp³-hybridized carbons (Fsp3) is 0.407. The molecule has 1 saturated heterocycles. The minimum atomic E-state index is -1.51. The average molecular weight is 558 g/mol. The van der Waals surface area contributed by atoms with E-state index in [4.69, 9.17) is 14.5 Å². The zero-order valence-electron chi connectivity index (χ0n) is 19.5. The lowest BCUT2D eigenvalue weighted by Gasteiger charge is -2.39. The number of Topliss-reactive ketones (excluding diaryl/α,β-unsaturated/α-hetero) is 1. The van der Waals surface area contributed by atoms with Gasteiger partial charge < -0.3 is 29.9 Å². The van der Waals surface area contributed by atoms with Gasteiger partial charge in [0.05, 0.1) is 6.61 Å². The lowest BCUT2D eigenvalue weighted by Crippen LogP contribution is -2.60. The summed E-state index contributed by atoms with van der Waals surface area (Å²) in [6, 6.07) is 15.2. The summed E-state index contributed by atoms with van der Waals surface area (Å²) in [6.45, 7) is -0.529. The van der Waals surface area contributed by atoms with E-state index in [-0.39, 0.29) is 11.7 Å². The van der Waals surface area contributed by atoms with Gasteiger partial charge in [0.25, 0.3) is 0 Å². The first kappa shape index (κ1) is 25.3. The number of allylic oxidation sites excluding steroid dienone is 2. The quantitative estimate of drug-likeness (QED) is 0.444. The normalized spacial score (nSPS) is 30.6. The molecular formula is C27H28BrNO7. The van der Waals surface area contributed by atoms with E-state index in [1.807, 2.05) is 36.4 Å². The summed E-state index contributed by atoms with van der Waals surface area (Å²) < 4.78 is 12.2. The molecule has 2 aromatic rings. The van der Waals surface area contributed by atoms with E-state index >= 15 is 0 Å². The van der Waals surface area contributed by atoms with Crippen molar-refractivity contribution >= 4 is 27.4 Å². The second kappa shape index (κ2) is 10.5. The summed E-state index contributed by atoms with van der Waals surface area (Å²) in [5, 5.41) is 39.6. The highest BCUT2D eigenvalue weighted by Crippen LogP contribution is 2.41. The number of hydrogen-bond donors (Lipinski definition) is 4. The van der Waals surface area contributed by atoms with Gasteiger partial charge in [-0.1, -0.05) is 40.2 Å². The lowest BCUT2D eigenvalue weighted by atomic mass is 9.77. The first-order valence-electron chi connectivity index (χ1n) is 12.0. The summed E-state index contributed by atoms with van der Waals surface area (Å²) in [4.78, 5) is 17.8. The maximum atomic E-state index is 12.9. The molecule has 2 heterocycles. The standard InChI is InChI=1S/C27H28BrNO7/c28-16-8-4-15(5-9-16)20-12-18(23-19(29-20)2-1-3-21(23)31)14-6-10-17(11-7-14)35-27-26(34)25(33)24(32)22(13-30)36-27/h4-11,18,22,24-27,30,32-34H,1-3,12-13H2/t18?,22-,24-,25-,26-,27-/m1/s1. The number of ether oxygens (including phenoxy) is 2. The highest BCUT2D eigenvalue weighted by Gasteiger charge is 2.44. The molecule has 8 nitrogen and oxygen atoms in total. The van der Waals surface area contributed by atoms with Crippen molar-refractivity contribution in [3.63, 3.8) is 0 Å². The van der Waals surface area contributed by atoms with Crippen LogP contribution in [0.5, 0.6) is 5.75 Å². The Morgan fingerprint density at radius 2 is 1.69 bits per heavy atom. The van der Waals surface area contributed by atoms with Gasteiger partial charge in [-0.15, -0.1) is 0 Å². The predicted octanol–water partition coefficient (Wildman–Crippen LogP) is 2.61. The fourth-order valence-electron chi connectivity index (χ4n) is 5.05. The van der Waals surface area contributed by atoms with Gasteiger partial charge in [0.1, 0.15) is 30.2 Å². The first-order chi connectivity index (χ1) is 17.4. The van der Waals surface area contributed by atoms with Crippen LogP contribution in [-0.2, 0) is 9.53 Å². The molecule has 36 heavy (non-hydrogen) atoms. The van der Waals surface area contributed by atoms with Gasteiger partial charge in [0.2, 0.25) is 6.29 Å². The van der Waals surface area contributed by atoms with Crippen LogP contribution in [0.25, 0.3) is 0 Å². The lowest BCUT2D eigenvalue weighted by molar-refractivity contribution is -0.277. The summed E-state index contributed by atoms with van der Waals surface area (Å²) in [5.41, 5.74) is 4.56. The third-order valence-electron chi connectivity index (χ3n) is 7.01. The molecule has 3 aliphatic rings. The molecule has 1 aliphatic carbocycles. The fourth-order valence-corrected chi connectivity index (χ4v) is 5.31. The van der Waals surface area contributed by atoms with Crippen LogP contribution in [0.2, 0.25) is 0 Å². The summed E-state index contributed by atoms with van der Waals surface area (Å²) in [5.74, 6) is 0.386. The van der Waals surface area contributed by atoms with Crippen molar-refractivity contribution < 1.29 is 34.7 Å². The van der Waals surface area contributed by atoms with Crippen LogP contribution in [0.15, 0.2) is 69.3 Å². The number of nitrogens with zero attached hydrogens (tertiary/aromatic N) is 1. The van der Waals surface area contributed by atoms with Crippen LogP contribution in [0, 0.1) is 0 Å². The monoisotopic (exact) mass is 557 g/mol. The first-order valence-corrected chi connectivity index (χ1v) is 12.8. The Morgan fingerprint density at radius 1 is 0.972 bits per heavy atom. The number of hydrogen-bond acceptors (Lipinski definition) is 8. The molecule has 1 unspecified atom stereocenters. The zero-order chi connectivity index (χ0) is 25.4. The molecule has 2 aliphatic heterocycles. The average Bonchev–Trinajstić information content (AvgIpc) is 2.89. The van der Waals surface area contributed by atoms with E-state index in [2.05, 4.69) is 15.9 Å². The van der Waals surface area contributed by atoms with Crippen LogP contribution in [0.3, 0.4) is 0 Å². The van der Waals surface area contributed by atoms with Crippen molar-refractivity contribution in [1.29, 1.82) is 0 Å². The number of rotatable bonds is 5. The topological polar surface area (TPSA) is 129 Å². The summed E-state index contributed by atoms with van der Waals surface area (Å²) >= 11 is 3.47. The SMILES string of the molecule is O=C1CCCC2=C1C(c1ccc(O[C@@H]3O[C@H](CO)[C@@H](O)[C@@H](O)[C@H]3O)cc1)CC(c1ccc(Br)cc1)=N2. The highest BCUT2D eigenvalue weighted by atomic mass is 79.9. The number of carbonyl (C=O) groups is 1. The smallest absolute Gasteiger partial charge is 0.229 e. The molecule has 4 N–H and O–H groups in total. The molecule has 6 atom stereocenters. The van der Waals surface area contributed by atoms with E-state index < -0.39 is 37.3 Å². The van der Waals surface area contributed by atoms with Gasteiger partial charge >= 0.3 is 0 Å². The van der Waals surface area contributed by atoms with Crippen LogP contribution < -0.4 is 4.74 Å². The molecule has 0 spiro atoms. The minimum absolute atomic E-state index is 0.134. The maximum absolute atomic E-state index is 12.9. The van der Waals surface area contributed by atoms with Crippen LogP contribution in [-0.4, -0.2) is 69.2 Å². The van der Waals surface area contributed by atoms with Crippen molar-refractivity contribution in [3.05, 3.63) is 75.4 Å². The highest BCUT2D eigenvalue weighted by molar-refractivity contribution is 9.10. The molecule has 9 heteroatoms. The Morgan fingerprint density at radius 3 is 2.39 bits per heavy atom. The largest absolute Gasteiger partial charge is 0.462 e. The Bertz CT molecular complexity index is 1180. The van der Waals surface area contributed by atoms with Crippen molar-refractivity contribution in [2.24, 2.45) is 4.99 Å². The third-order valence-corrected chi connectivity index (χ3v) is 7.53. The number of aliphatic imine (C=N–C) groups is 1. The predicted molar refractivity (Wildman–Crippen MR) is 135 cm³/mol. The Balaban J connectivity index is 1.39. The molecule has 1 fully saturated rings. The van der Waals surface area contributed by atoms with Crippen LogP contribution >= 0.6 is 15.9 Å². The number of aliphatic hydroxyl groups is 4. The number of carbonyl (C=O) groups excluding carboxylic acids is 1. The van der Waals surface area contributed by atoms with Crippen LogP contribution in [0.4, 0.5) is 0 Å². The Hall–Kier alpha value is -2.40. The number of halogens is 1. The van der Waals surface area contributed by atoms with E-state index in [1.165, 1.54) is 0 Å². The Labute approximate surface area is 217 Å². The summed E-state index contributed by atoms with van der Waals surface area (Å²) in [6.07, 6.45) is -4.06. The van der Waals surface area contributed by atoms with E-state index in [1.54, 1.807) is 12.1 Å². The molecule has 190 valence electrons. The van der Waals surface area contributed by atoms with Crippen molar-refractivity contribution in [1.82, 2.24) is 0 Å². The van der Waals surface area contributed by atoms with E-state index in [0.29, 0.717) is 18.6 Å². The minimum Gasteiger partial charge on any atom is -0.462 e. The molecule has 5 rings (SSSR count). The van der Waals surface area contributed by atoms with Gasteiger partial charge in [-0.05, 0) is 48.2 Å². The Kier molecular flexibility index (Phi) is 7.39. The molecule has 0 saturated carbocycles. The van der Waals surface area contributed by atoms with Gasteiger partial charge in [-0.3, -0.25) is 9.79 Å². The van der Waals surface area contributed by atoms with Gasteiger partial charge in [0, 0.05) is 40.2 Å². The molecule has 0 bridgehead atoms. The summed E-state index contributed by atoms with van der Waals surface area (Å²) in [7, 11) is 0. The second-order valence-electron chi connectivity index (χ2n) is 9.34. The van der Waals surface area contributed by atoms with Crippen molar-refractivity contribution in [2.75, 3.05) is 6.61 Å². The van der Waals surface area contributed by atoms with Gasteiger partial charge in [-0.25, -0.2) is 0 Å². The number of ketones is 1. The molecule has 0 radical (unpaired) electrons. The second-order valence-corrected chi connectivity index (χ2v) is 10.3. The van der Waals surface area contributed by atoms with Gasteiger partial charge in [0.15, 0.2) is 5.78 Å². The van der Waals surface area contributed by atoms with E-state index in [9.17, 15) is 25.2 Å². The molecular weight excluding hydrogens is 530 g/mol. The van der Waals surface area contributed by atoms with Crippen molar-refractivity contribution in [2.45, 2.75) is 62.3 Å². The van der Waals surface area contributed by atoms with Crippen molar-refractivity contribution in [3.8, 4) is 5.75 Å². The van der Waals surface area contributed by atoms with Crippen LogP contribution in [0.1, 0.15) is 42.7 Å². The number of aliphatic hydroxyl groups excluding tert-OH is 4. The van der Waals surface area contributed by atoms with Gasteiger partial charge in [-0.2, -0.15) is 0 Å². The van der Waals surface area contributed by atoms with E-state index in [0.717, 1.165) is 45.4 Å². The number of benzene rings is 2. The zero-order valence-corrected chi connectivity index (χ0v) is 21.0. The molecule has 0 aromatic heterocycles. The third kappa shape index (κ3) is 4.91. The molecule has 2 aromatic carbocycles. The maximum Gasteiger partial charge on any atom is 0.229 e.